The number of hydrogen-bond donors (Lipinski definition) is 2. The normalized spacial score (nSPS) is 17.3. The third kappa shape index (κ3) is 9.04. The maximum atomic E-state index is 11.2. The highest BCUT2D eigenvalue weighted by Crippen LogP contribution is 2.27. The maximum absolute atomic E-state index is 11.2. The van der Waals surface area contributed by atoms with Crippen LogP contribution >= 0.6 is 51.7 Å². The molecule has 0 radical (unpaired) electrons. The molecule has 1 saturated heterocycles. The maximum Gasteiger partial charge on any atom is 0.217 e. The van der Waals surface area contributed by atoms with Crippen LogP contribution in [0.2, 0.25) is 0 Å². The van der Waals surface area contributed by atoms with Gasteiger partial charge < -0.3 is 16.0 Å². The number of amides is 1. The van der Waals surface area contributed by atoms with E-state index in [4.69, 9.17) is 5.73 Å². The third-order valence-electron chi connectivity index (χ3n) is 4.47. The van der Waals surface area contributed by atoms with Crippen LogP contribution in [0.1, 0.15) is 32.1 Å². The number of guanidine groups is 1. The summed E-state index contributed by atoms with van der Waals surface area (Å²) < 4.78 is 1.17. The summed E-state index contributed by atoms with van der Waals surface area (Å²) in [5.41, 5.74) is 5.35. The Labute approximate surface area is 192 Å². The van der Waals surface area contributed by atoms with Crippen molar-refractivity contribution in [3.8, 4) is 0 Å². The first-order chi connectivity index (χ1) is 12.6. The molecule has 1 atom stereocenters. The lowest BCUT2D eigenvalue weighted by Crippen LogP contribution is -2.47. The molecule has 1 aromatic rings. The molecular formula is C19H30BrIN4OS. The molecule has 3 N–H and O–H groups in total. The van der Waals surface area contributed by atoms with Crippen molar-refractivity contribution in [1.29, 1.82) is 0 Å². The largest absolute Gasteiger partial charge is 0.370 e. The van der Waals surface area contributed by atoms with Crippen LogP contribution in [0, 0.1) is 5.92 Å². The summed E-state index contributed by atoms with van der Waals surface area (Å²) in [5.74, 6) is 2.19. The van der Waals surface area contributed by atoms with E-state index in [9.17, 15) is 4.79 Å². The first-order valence-corrected chi connectivity index (χ1v) is 11.0. The van der Waals surface area contributed by atoms with Crippen molar-refractivity contribution in [2.45, 2.75) is 37.0 Å². The van der Waals surface area contributed by atoms with E-state index in [0.29, 0.717) is 12.3 Å². The van der Waals surface area contributed by atoms with Gasteiger partial charge in [-0.05, 0) is 65.4 Å². The van der Waals surface area contributed by atoms with Crippen molar-refractivity contribution in [3.05, 3.63) is 28.7 Å². The molecule has 0 aromatic heterocycles. The third-order valence-corrected chi connectivity index (χ3v) is 6.58. The van der Waals surface area contributed by atoms with Gasteiger partial charge in [0.1, 0.15) is 0 Å². The van der Waals surface area contributed by atoms with Gasteiger partial charge in [0.15, 0.2) is 5.96 Å². The number of thioether (sulfide) groups is 1. The molecule has 1 heterocycles. The van der Waals surface area contributed by atoms with Gasteiger partial charge in [-0.25, -0.2) is 0 Å². The highest BCUT2D eigenvalue weighted by molar-refractivity contribution is 14.0. The zero-order valence-electron chi connectivity index (χ0n) is 15.8. The molecule has 1 aliphatic heterocycles. The number of hydrogen-bond acceptors (Lipinski definition) is 3. The van der Waals surface area contributed by atoms with Crippen LogP contribution < -0.4 is 11.1 Å². The molecule has 0 spiro atoms. The number of benzene rings is 1. The van der Waals surface area contributed by atoms with E-state index < -0.39 is 0 Å². The summed E-state index contributed by atoms with van der Waals surface area (Å²) in [5, 5.41) is 3.46. The van der Waals surface area contributed by atoms with Crippen LogP contribution in [0.3, 0.4) is 0 Å². The zero-order valence-corrected chi connectivity index (χ0v) is 20.6. The second-order valence-electron chi connectivity index (χ2n) is 6.58. The molecule has 1 amide bonds. The minimum absolute atomic E-state index is 0. The van der Waals surface area contributed by atoms with Crippen molar-refractivity contribution in [2.75, 3.05) is 32.4 Å². The van der Waals surface area contributed by atoms with Gasteiger partial charge in [-0.2, -0.15) is 0 Å². The Morgan fingerprint density at radius 1 is 1.41 bits per heavy atom. The minimum atomic E-state index is -0.206. The highest BCUT2D eigenvalue weighted by Gasteiger charge is 2.23. The van der Waals surface area contributed by atoms with Crippen LogP contribution in [0.4, 0.5) is 0 Å². The van der Waals surface area contributed by atoms with E-state index in [1.54, 1.807) is 0 Å². The molecule has 5 nitrogen and oxygen atoms in total. The van der Waals surface area contributed by atoms with Gasteiger partial charge in [-0.3, -0.25) is 9.79 Å². The molecule has 1 aliphatic rings. The molecule has 1 unspecified atom stereocenters. The predicted molar refractivity (Wildman–Crippen MR) is 129 cm³/mol. The standard InChI is InChI=1S/C19H29BrN4OS.HI/c1-22-19(24-11-6-7-15(14-24)13-18(21)25)23-10-4-5-12-26-17-9-3-2-8-16(17)20;/h2-3,8-9,15H,4-7,10-14H2,1H3,(H2,21,25)(H,22,23);1H. The summed E-state index contributed by atoms with van der Waals surface area (Å²) in [6, 6.07) is 8.34. The Bertz CT molecular complexity index is 617. The van der Waals surface area contributed by atoms with Gasteiger partial charge in [0.2, 0.25) is 5.91 Å². The second-order valence-corrected chi connectivity index (χ2v) is 8.58. The number of aliphatic imine (C=N–C) groups is 1. The molecule has 0 aliphatic carbocycles. The lowest BCUT2D eigenvalue weighted by Gasteiger charge is -2.34. The molecule has 1 fully saturated rings. The van der Waals surface area contributed by atoms with E-state index in [1.165, 1.54) is 9.37 Å². The number of unbranched alkanes of at least 4 members (excludes halogenated alkanes) is 1. The first kappa shape index (κ1) is 24.6. The number of carbonyl (C=O) groups is 1. The SMILES string of the molecule is CN=C(NCCCCSc1ccccc1Br)N1CCCC(CC(N)=O)C1.I. The van der Waals surface area contributed by atoms with Crippen molar-refractivity contribution in [2.24, 2.45) is 16.6 Å². The van der Waals surface area contributed by atoms with Crippen LogP contribution in [0.15, 0.2) is 38.6 Å². The molecule has 0 saturated carbocycles. The van der Waals surface area contributed by atoms with Crippen LogP contribution in [0.25, 0.3) is 0 Å². The average Bonchev–Trinajstić information content (AvgIpc) is 2.62. The van der Waals surface area contributed by atoms with Gasteiger partial charge in [0, 0.05) is 42.5 Å². The van der Waals surface area contributed by atoms with E-state index in [-0.39, 0.29) is 29.9 Å². The summed E-state index contributed by atoms with van der Waals surface area (Å²) in [6.45, 7) is 2.77. The van der Waals surface area contributed by atoms with Crippen molar-refractivity contribution in [3.63, 3.8) is 0 Å². The number of carbonyl (C=O) groups excluding carboxylic acids is 1. The number of nitrogens with one attached hydrogen (secondary N) is 1. The van der Waals surface area contributed by atoms with E-state index in [0.717, 1.165) is 57.0 Å². The van der Waals surface area contributed by atoms with Gasteiger partial charge in [0.05, 0.1) is 0 Å². The van der Waals surface area contributed by atoms with Gasteiger partial charge in [-0.15, -0.1) is 35.7 Å². The number of primary amides is 1. The first-order valence-electron chi connectivity index (χ1n) is 9.21. The fourth-order valence-corrected chi connectivity index (χ4v) is 4.79. The monoisotopic (exact) mass is 568 g/mol. The fraction of sp³-hybridized carbons (Fsp3) is 0.579. The van der Waals surface area contributed by atoms with Gasteiger partial charge >= 0.3 is 0 Å². The quantitative estimate of drug-likeness (QED) is 0.163. The molecule has 27 heavy (non-hydrogen) atoms. The Kier molecular flexibility index (Phi) is 12.4. The summed E-state index contributed by atoms with van der Waals surface area (Å²) in [6.07, 6.45) is 4.89. The lowest BCUT2D eigenvalue weighted by molar-refractivity contribution is -0.119. The summed E-state index contributed by atoms with van der Waals surface area (Å²) >= 11 is 5.47. The summed E-state index contributed by atoms with van der Waals surface area (Å²) in [7, 11) is 1.82. The van der Waals surface area contributed by atoms with Crippen LogP contribution in [-0.4, -0.2) is 49.2 Å². The molecular weight excluding hydrogens is 539 g/mol. The number of nitrogens with zero attached hydrogens (tertiary/aromatic N) is 2. The molecule has 2 rings (SSSR count). The fourth-order valence-electron chi connectivity index (χ4n) is 3.21. The van der Waals surface area contributed by atoms with Gasteiger partial charge in [-0.1, -0.05) is 12.1 Å². The topological polar surface area (TPSA) is 70.7 Å². The number of nitrogens with two attached hydrogens (primary N) is 1. The number of piperidine rings is 1. The molecule has 152 valence electrons. The van der Waals surface area contributed by atoms with Crippen molar-refractivity contribution >= 4 is 63.5 Å². The van der Waals surface area contributed by atoms with Crippen molar-refractivity contribution in [1.82, 2.24) is 10.2 Å². The molecule has 0 bridgehead atoms. The van der Waals surface area contributed by atoms with Crippen LogP contribution in [-0.2, 0) is 4.79 Å². The smallest absolute Gasteiger partial charge is 0.217 e. The van der Waals surface area contributed by atoms with Gasteiger partial charge in [0.25, 0.3) is 0 Å². The Balaban J connectivity index is 0.00000364. The average molecular weight is 569 g/mol. The Hall–Kier alpha value is -0.480. The Morgan fingerprint density at radius 3 is 2.89 bits per heavy atom. The summed E-state index contributed by atoms with van der Waals surface area (Å²) in [4.78, 5) is 19.1. The second kappa shape index (κ2) is 13.7. The van der Waals surface area contributed by atoms with E-state index in [2.05, 4.69) is 49.3 Å². The number of halogens is 2. The van der Waals surface area contributed by atoms with E-state index >= 15 is 0 Å². The molecule has 1 aromatic carbocycles. The number of rotatable bonds is 8. The number of likely N-dealkylation sites (tertiary alicyclic amines) is 1. The Morgan fingerprint density at radius 2 is 2.19 bits per heavy atom. The minimum Gasteiger partial charge on any atom is -0.370 e. The highest BCUT2D eigenvalue weighted by atomic mass is 127. The lowest BCUT2D eigenvalue weighted by atomic mass is 9.95. The van der Waals surface area contributed by atoms with Crippen LogP contribution in [0.5, 0.6) is 0 Å². The van der Waals surface area contributed by atoms with Crippen molar-refractivity contribution < 1.29 is 4.79 Å². The van der Waals surface area contributed by atoms with E-state index in [1.807, 2.05) is 24.9 Å². The predicted octanol–water partition coefficient (Wildman–Crippen LogP) is 4.10. The zero-order chi connectivity index (χ0) is 18.8. The molecule has 8 heteroatoms.